The molecular formula is C10H15N3O2. The Bertz CT molecular complexity index is 423. The Morgan fingerprint density at radius 1 is 1.67 bits per heavy atom. The van der Waals surface area contributed by atoms with Crippen LogP contribution in [0, 0.1) is 6.92 Å². The number of anilines is 1. The number of allylic oxidation sites excluding steroid dienone is 1. The van der Waals surface area contributed by atoms with Crippen LogP contribution in [0.1, 0.15) is 11.3 Å². The molecule has 1 rings (SSSR count). The Hall–Kier alpha value is -1.62. The van der Waals surface area contributed by atoms with Crippen molar-refractivity contribution in [2.75, 3.05) is 12.8 Å². The summed E-state index contributed by atoms with van der Waals surface area (Å²) in [5.41, 5.74) is 6.81. The Labute approximate surface area is 88.2 Å². The highest BCUT2D eigenvalue weighted by Crippen LogP contribution is 2.12. The number of methoxy groups -OCH3 is 1. The van der Waals surface area contributed by atoms with Crippen molar-refractivity contribution in [2.24, 2.45) is 0 Å². The van der Waals surface area contributed by atoms with Gasteiger partial charge in [0.25, 0.3) is 0 Å². The molecule has 0 spiro atoms. The van der Waals surface area contributed by atoms with E-state index in [1.54, 1.807) is 13.2 Å². The minimum Gasteiger partial charge on any atom is -0.383 e. The van der Waals surface area contributed by atoms with Crippen LogP contribution in [0.4, 0.5) is 5.82 Å². The van der Waals surface area contributed by atoms with Crippen molar-refractivity contribution in [3.8, 4) is 0 Å². The number of hydrogen-bond donors (Lipinski definition) is 1. The number of aromatic nitrogens is 2. The predicted molar refractivity (Wildman–Crippen MR) is 58.6 cm³/mol. The molecule has 0 aliphatic heterocycles. The van der Waals surface area contributed by atoms with Crippen LogP contribution in [0.5, 0.6) is 0 Å². The zero-order valence-electron chi connectivity index (χ0n) is 8.99. The molecule has 0 fully saturated rings. The van der Waals surface area contributed by atoms with Crippen LogP contribution in [0.3, 0.4) is 0 Å². The van der Waals surface area contributed by atoms with E-state index in [0.717, 1.165) is 11.3 Å². The van der Waals surface area contributed by atoms with Gasteiger partial charge in [-0.1, -0.05) is 6.08 Å². The summed E-state index contributed by atoms with van der Waals surface area (Å²) in [7, 11) is 1.57. The summed E-state index contributed by atoms with van der Waals surface area (Å²) < 4.78 is 6.51. The minimum absolute atomic E-state index is 0.236. The molecule has 0 radical (unpaired) electrons. The van der Waals surface area contributed by atoms with Gasteiger partial charge in [-0.25, -0.2) is 4.79 Å². The smallest absolute Gasteiger partial charge is 0.350 e. The van der Waals surface area contributed by atoms with E-state index in [9.17, 15) is 4.79 Å². The second-order valence-corrected chi connectivity index (χ2v) is 3.18. The molecule has 1 aromatic heterocycles. The maximum absolute atomic E-state index is 11.5. The molecule has 2 N–H and O–H groups in total. The van der Waals surface area contributed by atoms with Gasteiger partial charge in [0.2, 0.25) is 0 Å². The summed E-state index contributed by atoms with van der Waals surface area (Å²) >= 11 is 0. The Balaban J connectivity index is 3.34. The van der Waals surface area contributed by atoms with Crippen LogP contribution in [-0.2, 0) is 17.9 Å². The zero-order valence-corrected chi connectivity index (χ0v) is 8.99. The van der Waals surface area contributed by atoms with Gasteiger partial charge in [-0.3, -0.25) is 4.57 Å². The van der Waals surface area contributed by atoms with E-state index in [2.05, 4.69) is 11.6 Å². The molecule has 0 aromatic carbocycles. The van der Waals surface area contributed by atoms with E-state index in [4.69, 9.17) is 10.5 Å². The first-order valence-electron chi connectivity index (χ1n) is 4.57. The van der Waals surface area contributed by atoms with E-state index in [1.165, 1.54) is 4.57 Å². The van der Waals surface area contributed by atoms with E-state index < -0.39 is 0 Å². The second-order valence-electron chi connectivity index (χ2n) is 3.18. The first-order chi connectivity index (χ1) is 7.11. The first kappa shape index (κ1) is 11.5. The molecule has 1 heterocycles. The monoisotopic (exact) mass is 209 g/mol. The molecule has 5 heteroatoms. The summed E-state index contributed by atoms with van der Waals surface area (Å²) in [5, 5.41) is 0. The predicted octanol–water partition coefficient (Wildman–Crippen LogP) is 0.466. The lowest BCUT2D eigenvalue weighted by Gasteiger charge is -2.12. The number of ether oxygens (including phenoxy) is 1. The van der Waals surface area contributed by atoms with E-state index in [1.807, 2.05) is 6.92 Å². The fourth-order valence-electron chi connectivity index (χ4n) is 1.39. The molecule has 5 nitrogen and oxygen atoms in total. The fourth-order valence-corrected chi connectivity index (χ4v) is 1.39. The van der Waals surface area contributed by atoms with Crippen LogP contribution in [0.2, 0.25) is 0 Å². The van der Waals surface area contributed by atoms with Gasteiger partial charge >= 0.3 is 5.69 Å². The molecule has 0 unspecified atom stereocenters. The van der Waals surface area contributed by atoms with Crippen molar-refractivity contribution >= 4 is 5.82 Å². The van der Waals surface area contributed by atoms with Gasteiger partial charge in [0, 0.05) is 24.9 Å². The highest BCUT2D eigenvalue weighted by atomic mass is 16.5. The van der Waals surface area contributed by atoms with Crippen molar-refractivity contribution in [1.29, 1.82) is 0 Å². The topological polar surface area (TPSA) is 70.1 Å². The molecule has 0 aliphatic rings. The van der Waals surface area contributed by atoms with E-state index in [0.29, 0.717) is 13.2 Å². The van der Waals surface area contributed by atoms with Crippen molar-refractivity contribution < 1.29 is 4.74 Å². The molecular weight excluding hydrogens is 194 g/mol. The van der Waals surface area contributed by atoms with Crippen molar-refractivity contribution in [1.82, 2.24) is 9.55 Å². The van der Waals surface area contributed by atoms with Crippen LogP contribution in [0.25, 0.3) is 0 Å². The number of nitrogen functional groups attached to an aromatic ring is 1. The Morgan fingerprint density at radius 2 is 2.33 bits per heavy atom. The molecule has 0 saturated heterocycles. The van der Waals surface area contributed by atoms with Gasteiger partial charge < -0.3 is 10.5 Å². The molecule has 82 valence electrons. The number of nitrogens with two attached hydrogens (primary N) is 1. The molecule has 0 bridgehead atoms. The lowest BCUT2D eigenvalue weighted by atomic mass is 10.2. The summed E-state index contributed by atoms with van der Waals surface area (Å²) in [6.07, 6.45) is 1.64. The van der Waals surface area contributed by atoms with E-state index in [-0.39, 0.29) is 11.5 Å². The van der Waals surface area contributed by atoms with Gasteiger partial charge in [-0.2, -0.15) is 4.98 Å². The third kappa shape index (κ3) is 2.24. The maximum Gasteiger partial charge on any atom is 0.350 e. The van der Waals surface area contributed by atoms with Crippen LogP contribution < -0.4 is 11.4 Å². The number of nitrogens with zero attached hydrogens (tertiary/aromatic N) is 2. The first-order valence-corrected chi connectivity index (χ1v) is 4.57. The average Bonchev–Trinajstić information content (AvgIpc) is 2.19. The molecule has 15 heavy (non-hydrogen) atoms. The van der Waals surface area contributed by atoms with Gasteiger partial charge in [-0.15, -0.1) is 6.58 Å². The average molecular weight is 209 g/mol. The zero-order chi connectivity index (χ0) is 11.4. The van der Waals surface area contributed by atoms with Gasteiger partial charge in [0.1, 0.15) is 5.82 Å². The van der Waals surface area contributed by atoms with Crippen molar-refractivity contribution in [3.05, 3.63) is 34.4 Å². The Morgan fingerprint density at radius 3 is 2.87 bits per heavy atom. The van der Waals surface area contributed by atoms with Crippen LogP contribution >= 0.6 is 0 Å². The molecule has 0 aliphatic carbocycles. The maximum atomic E-state index is 11.5. The standard InChI is InChI=1S/C10H15N3O2/c1-4-5-13-7(2)8(6-15-3)9(11)12-10(13)14/h4H,1,5-6H2,2-3H3,(H2,11,12,14). The molecule has 0 atom stereocenters. The SMILES string of the molecule is C=CCn1c(C)c(COC)c(N)nc1=O. The second kappa shape index (κ2) is 4.75. The Kier molecular flexibility index (Phi) is 3.62. The lowest BCUT2D eigenvalue weighted by molar-refractivity contribution is 0.183. The number of hydrogen-bond acceptors (Lipinski definition) is 4. The highest BCUT2D eigenvalue weighted by molar-refractivity contribution is 5.40. The van der Waals surface area contributed by atoms with Crippen molar-refractivity contribution in [3.63, 3.8) is 0 Å². The van der Waals surface area contributed by atoms with Gasteiger partial charge in [0.15, 0.2) is 0 Å². The molecule has 0 saturated carbocycles. The lowest BCUT2D eigenvalue weighted by Crippen LogP contribution is -2.27. The highest BCUT2D eigenvalue weighted by Gasteiger charge is 2.10. The van der Waals surface area contributed by atoms with Crippen molar-refractivity contribution in [2.45, 2.75) is 20.1 Å². The fraction of sp³-hybridized carbons (Fsp3) is 0.400. The summed E-state index contributed by atoms with van der Waals surface area (Å²) in [4.78, 5) is 15.2. The third-order valence-corrected chi connectivity index (χ3v) is 2.20. The molecule has 1 aromatic rings. The van der Waals surface area contributed by atoms with Gasteiger partial charge in [0.05, 0.1) is 6.61 Å². The summed E-state index contributed by atoms with van der Waals surface area (Å²) in [6, 6.07) is 0. The number of rotatable bonds is 4. The summed E-state index contributed by atoms with van der Waals surface area (Å²) in [6.45, 7) is 6.18. The van der Waals surface area contributed by atoms with Crippen LogP contribution in [0.15, 0.2) is 17.4 Å². The minimum atomic E-state index is -0.357. The van der Waals surface area contributed by atoms with E-state index >= 15 is 0 Å². The third-order valence-electron chi connectivity index (χ3n) is 2.20. The largest absolute Gasteiger partial charge is 0.383 e. The van der Waals surface area contributed by atoms with Gasteiger partial charge in [-0.05, 0) is 6.92 Å². The van der Waals surface area contributed by atoms with Crippen LogP contribution in [-0.4, -0.2) is 16.7 Å². The summed E-state index contributed by atoms with van der Waals surface area (Å²) in [5.74, 6) is 0.236. The normalized spacial score (nSPS) is 10.3. The quantitative estimate of drug-likeness (QED) is 0.732. The molecule has 0 amide bonds.